The lowest BCUT2D eigenvalue weighted by atomic mass is 10.0. The third-order valence-electron chi connectivity index (χ3n) is 5.70. The minimum Gasteiger partial charge on any atom is -0.322 e. The van der Waals surface area contributed by atoms with Gasteiger partial charge in [-0.05, 0) is 74.4 Å². The maximum atomic E-state index is 13.3. The van der Waals surface area contributed by atoms with Gasteiger partial charge in [0.2, 0.25) is 0 Å². The van der Waals surface area contributed by atoms with Gasteiger partial charge in [-0.3, -0.25) is 14.4 Å². The summed E-state index contributed by atoms with van der Waals surface area (Å²) >= 11 is 0. The lowest BCUT2D eigenvalue weighted by Gasteiger charge is -2.15. The number of aryl methyl sites for hydroxylation is 3. The van der Waals surface area contributed by atoms with Gasteiger partial charge in [0.15, 0.2) is 0 Å². The Hall–Kier alpha value is -4.71. The molecule has 0 aliphatic rings. The Labute approximate surface area is 210 Å². The Morgan fingerprint density at radius 3 is 1.36 bits per heavy atom. The van der Waals surface area contributed by atoms with E-state index < -0.39 is 0 Å². The van der Waals surface area contributed by atoms with Crippen molar-refractivity contribution in [1.82, 2.24) is 0 Å². The Bertz CT molecular complexity index is 1340. The fourth-order valence-electron chi connectivity index (χ4n) is 4.05. The molecule has 0 spiro atoms. The Morgan fingerprint density at radius 2 is 0.917 bits per heavy atom. The molecule has 6 heteroatoms. The molecule has 180 valence electrons. The van der Waals surface area contributed by atoms with E-state index in [4.69, 9.17) is 0 Å². The van der Waals surface area contributed by atoms with Crippen LogP contribution in [-0.2, 0) is 0 Å². The summed E-state index contributed by atoms with van der Waals surface area (Å²) in [5, 5.41) is 8.64. The van der Waals surface area contributed by atoms with Gasteiger partial charge in [0, 0.05) is 33.8 Å². The second-order valence-electron chi connectivity index (χ2n) is 8.67. The van der Waals surface area contributed by atoms with E-state index in [0.717, 1.165) is 22.4 Å². The molecule has 0 unspecified atom stereocenters. The van der Waals surface area contributed by atoms with Crippen molar-refractivity contribution in [1.29, 1.82) is 0 Å². The van der Waals surface area contributed by atoms with Gasteiger partial charge in [-0.1, -0.05) is 54.1 Å². The molecule has 4 aromatic rings. The molecule has 0 atom stereocenters. The molecule has 36 heavy (non-hydrogen) atoms. The van der Waals surface area contributed by atoms with Crippen LogP contribution in [0.1, 0.15) is 47.8 Å². The first kappa shape index (κ1) is 24.4. The van der Waals surface area contributed by atoms with Crippen LogP contribution in [0.15, 0.2) is 91.0 Å². The molecule has 0 fully saturated rings. The number of anilines is 3. The van der Waals surface area contributed by atoms with Gasteiger partial charge in [0.05, 0.1) is 0 Å². The van der Waals surface area contributed by atoms with Gasteiger partial charge >= 0.3 is 0 Å². The average molecular weight is 478 g/mol. The van der Waals surface area contributed by atoms with E-state index in [9.17, 15) is 14.4 Å². The van der Waals surface area contributed by atoms with Crippen LogP contribution in [0.3, 0.4) is 0 Å². The standard InChI is InChI=1S/C30H27N3O3/c1-19-14-20(2)27(21(3)15-19)33-30(36)24-16-25(31-28(34)22-10-6-4-7-11-22)18-26(17-24)32-29(35)23-12-8-5-9-13-23/h4-18H,1-3H3,(H,31,34)(H,32,35)(H,33,36). The molecule has 0 bridgehead atoms. The zero-order valence-corrected chi connectivity index (χ0v) is 20.4. The van der Waals surface area contributed by atoms with Crippen LogP contribution < -0.4 is 16.0 Å². The molecule has 4 aromatic carbocycles. The van der Waals surface area contributed by atoms with E-state index in [-0.39, 0.29) is 17.7 Å². The van der Waals surface area contributed by atoms with E-state index in [1.807, 2.05) is 45.0 Å². The van der Waals surface area contributed by atoms with Crippen molar-refractivity contribution in [2.75, 3.05) is 16.0 Å². The number of hydrogen-bond donors (Lipinski definition) is 3. The van der Waals surface area contributed by atoms with Crippen molar-refractivity contribution in [3.63, 3.8) is 0 Å². The Morgan fingerprint density at radius 1 is 0.500 bits per heavy atom. The summed E-state index contributed by atoms with van der Waals surface area (Å²) in [5.74, 6) is -0.992. The number of benzene rings is 4. The molecule has 4 rings (SSSR count). The number of carbonyl (C=O) groups excluding carboxylic acids is 3. The highest BCUT2D eigenvalue weighted by molar-refractivity contribution is 6.10. The van der Waals surface area contributed by atoms with Crippen LogP contribution in [0, 0.1) is 20.8 Å². The molecular weight excluding hydrogens is 450 g/mol. The van der Waals surface area contributed by atoms with Crippen LogP contribution in [-0.4, -0.2) is 17.7 Å². The summed E-state index contributed by atoms with van der Waals surface area (Å²) < 4.78 is 0. The summed E-state index contributed by atoms with van der Waals surface area (Å²) in [4.78, 5) is 38.8. The fraction of sp³-hybridized carbons (Fsp3) is 0.100. The van der Waals surface area contributed by atoms with Crippen molar-refractivity contribution in [2.24, 2.45) is 0 Å². The highest BCUT2D eigenvalue weighted by atomic mass is 16.2. The number of hydrogen-bond acceptors (Lipinski definition) is 3. The van der Waals surface area contributed by atoms with Crippen molar-refractivity contribution >= 4 is 34.8 Å². The van der Waals surface area contributed by atoms with Crippen molar-refractivity contribution in [3.05, 3.63) is 124 Å². The summed E-state index contributed by atoms with van der Waals surface area (Å²) in [6.07, 6.45) is 0. The van der Waals surface area contributed by atoms with Gasteiger partial charge < -0.3 is 16.0 Å². The Balaban J connectivity index is 1.66. The first-order valence-corrected chi connectivity index (χ1v) is 11.6. The molecule has 0 saturated carbocycles. The van der Waals surface area contributed by atoms with Crippen molar-refractivity contribution in [3.8, 4) is 0 Å². The van der Waals surface area contributed by atoms with E-state index >= 15 is 0 Å². The van der Waals surface area contributed by atoms with Crippen LogP contribution in [0.4, 0.5) is 17.1 Å². The van der Waals surface area contributed by atoms with Gasteiger partial charge in [0.1, 0.15) is 0 Å². The predicted octanol–water partition coefficient (Wildman–Crippen LogP) is 6.37. The first-order valence-electron chi connectivity index (χ1n) is 11.6. The lowest BCUT2D eigenvalue weighted by Crippen LogP contribution is -2.18. The van der Waals surface area contributed by atoms with Crippen molar-refractivity contribution in [2.45, 2.75) is 20.8 Å². The van der Waals surface area contributed by atoms with Gasteiger partial charge in [-0.25, -0.2) is 0 Å². The number of carbonyl (C=O) groups is 3. The van der Waals surface area contributed by atoms with E-state index in [1.165, 1.54) is 0 Å². The summed E-state index contributed by atoms with van der Waals surface area (Å²) in [6, 6.07) is 26.4. The van der Waals surface area contributed by atoms with Crippen LogP contribution in [0.5, 0.6) is 0 Å². The number of nitrogens with one attached hydrogen (secondary N) is 3. The summed E-state index contributed by atoms with van der Waals surface area (Å²) in [5.41, 5.74) is 5.77. The molecule has 0 saturated heterocycles. The van der Waals surface area contributed by atoms with Crippen LogP contribution >= 0.6 is 0 Å². The maximum Gasteiger partial charge on any atom is 0.255 e. The van der Waals surface area contributed by atoms with Gasteiger partial charge in [-0.15, -0.1) is 0 Å². The Kier molecular flexibility index (Phi) is 7.25. The predicted molar refractivity (Wildman–Crippen MR) is 144 cm³/mol. The van der Waals surface area contributed by atoms with E-state index in [0.29, 0.717) is 28.1 Å². The third-order valence-corrected chi connectivity index (χ3v) is 5.70. The van der Waals surface area contributed by atoms with E-state index in [2.05, 4.69) is 16.0 Å². The SMILES string of the molecule is Cc1cc(C)c(NC(=O)c2cc(NC(=O)c3ccccc3)cc(NC(=O)c3ccccc3)c2)c(C)c1. The molecule has 0 aliphatic carbocycles. The molecular formula is C30H27N3O3. The van der Waals surface area contributed by atoms with Gasteiger partial charge in [0.25, 0.3) is 17.7 Å². The molecule has 0 radical (unpaired) electrons. The van der Waals surface area contributed by atoms with Crippen molar-refractivity contribution < 1.29 is 14.4 Å². The highest BCUT2D eigenvalue weighted by Crippen LogP contribution is 2.25. The zero-order valence-electron chi connectivity index (χ0n) is 20.4. The monoisotopic (exact) mass is 477 g/mol. The second-order valence-corrected chi connectivity index (χ2v) is 8.67. The molecule has 3 amide bonds. The van der Waals surface area contributed by atoms with Crippen LogP contribution in [0.2, 0.25) is 0 Å². The average Bonchev–Trinajstić information content (AvgIpc) is 2.87. The molecule has 0 aromatic heterocycles. The second kappa shape index (κ2) is 10.7. The highest BCUT2D eigenvalue weighted by Gasteiger charge is 2.15. The largest absolute Gasteiger partial charge is 0.322 e. The maximum absolute atomic E-state index is 13.3. The molecule has 6 nitrogen and oxygen atoms in total. The zero-order chi connectivity index (χ0) is 25.7. The van der Waals surface area contributed by atoms with E-state index in [1.54, 1.807) is 66.7 Å². The quantitative estimate of drug-likeness (QED) is 0.302. The lowest BCUT2D eigenvalue weighted by molar-refractivity contribution is 0.101. The first-order chi connectivity index (χ1) is 17.3. The van der Waals surface area contributed by atoms with Gasteiger partial charge in [-0.2, -0.15) is 0 Å². The topological polar surface area (TPSA) is 87.3 Å². The molecule has 0 aliphatic heterocycles. The molecule has 3 N–H and O–H groups in total. The number of amides is 3. The normalized spacial score (nSPS) is 10.4. The number of rotatable bonds is 6. The summed E-state index contributed by atoms with van der Waals surface area (Å²) in [6.45, 7) is 5.89. The third kappa shape index (κ3) is 5.85. The minimum atomic E-state index is -0.351. The minimum absolute atomic E-state index is 0.295. The molecule has 0 heterocycles. The smallest absolute Gasteiger partial charge is 0.255 e. The fourth-order valence-corrected chi connectivity index (χ4v) is 4.05. The van der Waals surface area contributed by atoms with Crippen LogP contribution in [0.25, 0.3) is 0 Å². The summed E-state index contributed by atoms with van der Waals surface area (Å²) in [7, 11) is 0.